The average molecular weight is 274 g/mol. The maximum Gasteiger partial charge on any atom is 0.309 e. The largest absolute Gasteiger partial charge is 1.00 e. The van der Waals surface area contributed by atoms with Gasteiger partial charge in [-0.3, -0.25) is 4.48 Å². The van der Waals surface area contributed by atoms with Crippen molar-refractivity contribution in [2.45, 2.75) is 13.8 Å². The Hall–Kier alpha value is -0.670. The summed E-state index contributed by atoms with van der Waals surface area (Å²) < 4.78 is 0.417. The Morgan fingerprint density at radius 2 is 1.40 bits per heavy atom. The maximum absolute atomic E-state index is 10.4. The summed E-state index contributed by atoms with van der Waals surface area (Å²) in [6.07, 6.45) is 0. The van der Waals surface area contributed by atoms with E-state index in [9.17, 15) is 4.79 Å². The zero-order valence-electron chi connectivity index (χ0n) is 10.1. The summed E-state index contributed by atoms with van der Waals surface area (Å²) in [6, 6.07) is 10.3. The van der Waals surface area contributed by atoms with E-state index in [-0.39, 0.29) is 22.9 Å². The molecule has 2 nitrogen and oxygen atoms in total. The number of quaternary nitrogens is 1. The zero-order valence-corrected chi connectivity index (χ0v) is 11.7. The molecule has 0 bridgehead atoms. The predicted molar refractivity (Wildman–Crippen MR) is 59.9 cm³/mol. The molecule has 0 spiro atoms. The van der Waals surface area contributed by atoms with Gasteiger partial charge in [-0.1, -0.05) is 35.9 Å². The zero-order chi connectivity index (χ0) is 11.2. The van der Waals surface area contributed by atoms with E-state index in [4.69, 9.17) is 0 Å². The first-order valence-electron chi connectivity index (χ1n) is 4.68. The minimum atomic E-state index is 0. The monoisotopic (exact) mass is 273 g/mol. The van der Waals surface area contributed by atoms with Crippen LogP contribution in [0.5, 0.6) is 0 Å². The molecule has 1 aromatic carbocycles. The lowest BCUT2D eigenvalue weighted by Gasteiger charge is -2.17. The third kappa shape index (κ3) is 9.63. The van der Waals surface area contributed by atoms with E-state index in [0.29, 0.717) is 4.48 Å². The summed E-state index contributed by atoms with van der Waals surface area (Å²) in [6.45, 7) is 3.67. The highest BCUT2D eigenvalue weighted by Crippen LogP contribution is 1.92. The van der Waals surface area contributed by atoms with Crippen LogP contribution in [0.15, 0.2) is 30.3 Å². The SMILES string of the molecule is CC(=O)[N+](C)(C)C.Cc1ccccc1.[Br-]. The Bertz CT molecular complexity index is 277. The fourth-order valence-electron chi connectivity index (χ4n) is 0.534. The lowest BCUT2D eigenvalue weighted by Crippen LogP contribution is -3.00. The van der Waals surface area contributed by atoms with Crippen molar-refractivity contribution >= 4 is 5.91 Å². The first-order chi connectivity index (χ1) is 6.34. The van der Waals surface area contributed by atoms with E-state index >= 15 is 0 Å². The van der Waals surface area contributed by atoms with Gasteiger partial charge in [-0.2, -0.15) is 0 Å². The molecule has 0 aliphatic heterocycles. The quantitative estimate of drug-likeness (QED) is 0.568. The van der Waals surface area contributed by atoms with Crippen molar-refractivity contribution in [1.82, 2.24) is 0 Å². The van der Waals surface area contributed by atoms with Gasteiger partial charge in [0.1, 0.15) is 0 Å². The first-order valence-corrected chi connectivity index (χ1v) is 4.68. The van der Waals surface area contributed by atoms with E-state index in [1.165, 1.54) is 5.56 Å². The molecule has 1 amide bonds. The van der Waals surface area contributed by atoms with Crippen LogP contribution >= 0.6 is 0 Å². The van der Waals surface area contributed by atoms with Crippen LogP contribution in [-0.4, -0.2) is 31.5 Å². The van der Waals surface area contributed by atoms with Gasteiger partial charge in [-0.15, -0.1) is 0 Å². The van der Waals surface area contributed by atoms with Gasteiger partial charge < -0.3 is 17.0 Å². The van der Waals surface area contributed by atoms with Gasteiger partial charge in [0, 0.05) is 0 Å². The molecule has 0 fully saturated rings. The van der Waals surface area contributed by atoms with Crippen molar-refractivity contribution in [2.75, 3.05) is 21.1 Å². The number of rotatable bonds is 0. The third-order valence-electron chi connectivity index (χ3n) is 1.89. The first kappa shape index (κ1) is 16.7. The number of aryl methyl sites for hydroxylation is 1. The molecule has 0 radical (unpaired) electrons. The lowest BCUT2D eigenvalue weighted by atomic mass is 10.2. The number of hydrogen-bond acceptors (Lipinski definition) is 1. The standard InChI is InChI=1S/C7H8.C5H12NO.BrH/c1-7-5-3-2-4-6-7;1-5(7)6(2,3)4;/h2-6H,1H3;1-4H3;1H/q;+1;/p-1. The van der Waals surface area contributed by atoms with Crippen molar-refractivity contribution in [3.8, 4) is 0 Å². The molecule has 86 valence electrons. The molecule has 0 atom stereocenters. The average Bonchev–Trinajstić information content (AvgIpc) is 2.04. The van der Waals surface area contributed by atoms with Gasteiger partial charge in [-0.25, -0.2) is 4.79 Å². The van der Waals surface area contributed by atoms with Gasteiger partial charge in [0.05, 0.1) is 28.1 Å². The van der Waals surface area contributed by atoms with E-state index in [1.807, 2.05) is 39.3 Å². The van der Waals surface area contributed by atoms with Crippen molar-refractivity contribution in [2.24, 2.45) is 0 Å². The second-order valence-corrected chi connectivity index (χ2v) is 4.19. The predicted octanol–water partition coefficient (Wildman–Crippen LogP) is -0.762. The molecule has 0 saturated carbocycles. The number of nitrogens with zero attached hydrogens (tertiary/aromatic N) is 1. The van der Waals surface area contributed by atoms with E-state index in [0.717, 1.165) is 0 Å². The van der Waals surface area contributed by atoms with Crippen LogP contribution in [-0.2, 0) is 4.79 Å². The number of carbonyl (C=O) groups is 1. The molecular formula is C12H20BrNO. The maximum atomic E-state index is 10.4. The summed E-state index contributed by atoms with van der Waals surface area (Å²) in [5.74, 6) is 0.181. The highest BCUT2D eigenvalue weighted by atomic mass is 79.9. The minimum Gasteiger partial charge on any atom is -1.00 e. The molecule has 0 aliphatic carbocycles. The molecular weight excluding hydrogens is 254 g/mol. The Morgan fingerprint density at radius 3 is 1.53 bits per heavy atom. The second kappa shape index (κ2) is 7.60. The van der Waals surface area contributed by atoms with Gasteiger partial charge in [0.15, 0.2) is 0 Å². The summed E-state index contributed by atoms with van der Waals surface area (Å²) in [5.41, 5.74) is 1.32. The number of carbonyl (C=O) groups excluding carboxylic acids is 1. The minimum absolute atomic E-state index is 0. The number of hydrogen-bond donors (Lipinski definition) is 0. The molecule has 0 aliphatic rings. The van der Waals surface area contributed by atoms with Crippen LogP contribution in [0, 0.1) is 6.92 Å². The molecule has 1 aromatic rings. The van der Waals surface area contributed by atoms with Crippen LogP contribution in [0.3, 0.4) is 0 Å². The highest BCUT2D eigenvalue weighted by molar-refractivity contribution is 5.64. The topological polar surface area (TPSA) is 17.1 Å². The summed E-state index contributed by atoms with van der Waals surface area (Å²) in [7, 11) is 5.55. The normalized spacial score (nSPS) is 9.40. The summed E-state index contributed by atoms with van der Waals surface area (Å²) in [5, 5.41) is 0. The van der Waals surface area contributed by atoms with Gasteiger partial charge in [-0.05, 0) is 6.92 Å². The number of halogens is 1. The molecule has 0 unspecified atom stereocenters. The van der Waals surface area contributed by atoms with Gasteiger partial charge >= 0.3 is 5.91 Å². The molecule has 0 aromatic heterocycles. The van der Waals surface area contributed by atoms with Crippen molar-refractivity contribution < 1.29 is 26.3 Å². The van der Waals surface area contributed by atoms with Crippen LogP contribution in [0.4, 0.5) is 0 Å². The van der Waals surface area contributed by atoms with Gasteiger partial charge in [0.25, 0.3) is 0 Å². The van der Waals surface area contributed by atoms with Crippen molar-refractivity contribution in [3.63, 3.8) is 0 Å². The van der Waals surface area contributed by atoms with Gasteiger partial charge in [0.2, 0.25) is 0 Å². The molecule has 0 N–H and O–H groups in total. The summed E-state index contributed by atoms with van der Waals surface area (Å²) >= 11 is 0. The lowest BCUT2D eigenvalue weighted by molar-refractivity contribution is -0.791. The number of amides is 1. The smallest absolute Gasteiger partial charge is 0.309 e. The third-order valence-corrected chi connectivity index (χ3v) is 1.89. The Balaban J connectivity index is 0. The van der Waals surface area contributed by atoms with Crippen molar-refractivity contribution in [1.29, 1.82) is 0 Å². The fourth-order valence-corrected chi connectivity index (χ4v) is 0.534. The van der Waals surface area contributed by atoms with Crippen LogP contribution in [0.2, 0.25) is 0 Å². The Labute approximate surface area is 103 Å². The molecule has 1 rings (SSSR count). The van der Waals surface area contributed by atoms with Crippen LogP contribution in [0.25, 0.3) is 0 Å². The highest BCUT2D eigenvalue weighted by Gasteiger charge is 2.11. The molecule has 0 heterocycles. The van der Waals surface area contributed by atoms with E-state index < -0.39 is 0 Å². The summed E-state index contributed by atoms with van der Waals surface area (Å²) in [4.78, 5) is 10.4. The Kier molecular flexibility index (Phi) is 8.49. The van der Waals surface area contributed by atoms with Crippen molar-refractivity contribution in [3.05, 3.63) is 35.9 Å². The van der Waals surface area contributed by atoms with Crippen LogP contribution < -0.4 is 17.0 Å². The van der Waals surface area contributed by atoms with Crippen LogP contribution in [0.1, 0.15) is 12.5 Å². The fraction of sp³-hybridized carbons (Fsp3) is 0.417. The van der Waals surface area contributed by atoms with E-state index in [1.54, 1.807) is 6.92 Å². The van der Waals surface area contributed by atoms with E-state index in [2.05, 4.69) is 19.1 Å². The Morgan fingerprint density at radius 1 is 1.07 bits per heavy atom. The molecule has 3 heteroatoms. The molecule has 0 saturated heterocycles. The second-order valence-electron chi connectivity index (χ2n) is 4.19. The number of benzene rings is 1. The molecule has 15 heavy (non-hydrogen) atoms.